The van der Waals surface area contributed by atoms with Crippen LogP contribution in [0, 0.1) is 5.92 Å². The van der Waals surface area contributed by atoms with Crippen molar-refractivity contribution in [3.63, 3.8) is 0 Å². The normalized spacial score (nSPS) is 15.0. The van der Waals surface area contributed by atoms with Gasteiger partial charge in [0, 0.05) is 22.3 Å². The fourth-order valence-corrected chi connectivity index (χ4v) is 2.48. The molecule has 0 aromatic carbocycles. The molecule has 0 N–H and O–H groups in total. The van der Waals surface area contributed by atoms with Crippen molar-refractivity contribution in [2.24, 2.45) is 5.92 Å². The molecule has 0 aromatic heterocycles. The van der Waals surface area contributed by atoms with Crippen LogP contribution in [0.3, 0.4) is 0 Å². The molecule has 0 rings (SSSR count). The van der Waals surface area contributed by atoms with Gasteiger partial charge < -0.3 is 9.64 Å². The van der Waals surface area contributed by atoms with Crippen LogP contribution in [0.15, 0.2) is 0 Å². The lowest BCUT2D eigenvalue weighted by Gasteiger charge is -2.10. The molecule has 0 aliphatic heterocycles. The van der Waals surface area contributed by atoms with E-state index < -0.39 is 10.8 Å². The van der Waals surface area contributed by atoms with E-state index in [0.29, 0.717) is 11.5 Å². The molecule has 0 saturated carbocycles. The minimum absolute atomic E-state index is 0.268. The van der Waals surface area contributed by atoms with Gasteiger partial charge in [0.2, 0.25) is 0 Å². The first-order valence-electron chi connectivity index (χ1n) is 5.05. The number of rotatable bonds is 7. The van der Waals surface area contributed by atoms with E-state index in [2.05, 4.69) is 9.64 Å². The number of methoxy groups -OCH3 is 1. The number of hydrogen-bond donors (Lipinski definition) is 0. The standard InChI is InChI=1S/C10H21NO3S/c1-9(10(12)14-4)8-15(13)7-5-6-11(2)3/h9H,5-8H2,1-4H3. The van der Waals surface area contributed by atoms with Crippen LogP contribution in [0.1, 0.15) is 13.3 Å². The van der Waals surface area contributed by atoms with Crippen LogP contribution >= 0.6 is 0 Å². The van der Waals surface area contributed by atoms with Gasteiger partial charge in [-0.05, 0) is 27.1 Å². The van der Waals surface area contributed by atoms with Crippen molar-refractivity contribution in [2.75, 3.05) is 39.3 Å². The maximum atomic E-state index is 11.5. The fraction of sp³-hybridized carbons (Fsp3) is 0.900. The Morgan fingerprint density at radius 1 is 1.47 bits per heavy atom. The largest absolute Gasteiger partial charge is 0.469 e. The average Bonchev–Trinajstić information content (AvgIpc) is 2.15. The minimum atomic E-state index is -0.916. The molecule has 0 bridgehead atoms. The van der Waals surface area contributed by atoms with Crippen molar-refractivity contribution in [3.8, 4) is 0 Å². The number of hydrogen-bond acceptors (Lipinski definition) is 4. The molecule has 0 aliphatic carbocycles. The second-order valence-corrected chi connectivity index (χ2v) is 5.51. The summed E-state index contributed by atoms with van der Waals surface area (Å²) in [5, 5.41) is 0. The lowest BCUT2D eigenvalue weighted by atomic mass is 10.2. The Hall–Kier alpha value is -0.420. The predicted molar refractivity (Wildman–Crippen MR) is 62.2 cm³/mol. The Bertz CT molecular complexity index is 219. The lowest BCUT2D eigenvalue weighted by molar-refractivity contribution is -0.144. The molecule has 0 amide bonds. The summed E-state index contributed by atoms with van der Waals surface area (Å²) in [6, 6.07) is 0. The van der Waals surface area contributed by atoms with E-state index in [-0.39, 0.29) is 11.9 Å². The Morgan fingerprint density at radius 3 is 2.53 bits per heavy atom. The summed E-state index contributed by atoms with van der Waals surface area (Å²) < 4.78 is 16.1. The number of esters is 1. The maximum absolute atomic E-state index is 11.5. The second-order valence-electron chi connectivity index (χ2n) is 3.89. The molecule has 5 heteroatoms. The van der Waals surface area contributed by atoms with Gasteiger partial charge in [-0.2, -0.15) is 0 Å². The number of nitrogens with zero attached hydrogens (tertiary/aromatic N) is 1. The van der Waals surface area contributed by atoms with E-state index in [1.54, 1.807) is 6.92 Å². The zero-order valence-electron chi connectivity index (χ0n) is 9.99. The van der Waals surface area contributed by atoms with Crippen molar-refractivity contribution >= 4 is 16.8 Å². The lowest BCUT2D eigenvalue weighted by Crippen LogP contribution is -2.22. The zero-order valence-corrected chi connectivity index (χ0v) is 10.8. The van der Waals surface area contributed by atoms with Gasteiger partial charge in [-0.25, -0.2) is 0 Å². The molecular weight excluding hydrogens is 214 g/mol. The highest BCUT2D eigenvalue weighted by molar-refractivity contribution is 7.85. The number of carbonyl (C=O) groups excluding carboxylic acids is 1. The molecule has 0 aromatic rings. The molecule has 90 valence electrons. The molecule has 2 atom stereocenters. The van der Waals surface area contributed by atoms with Crippen LogP contribution in [0.5, 0.6) is 0 Å². The van der Waals surface area contributed by atoms with Gasteiger partial charge in [0.25, 0.3) is 0 Å². The van der Waals surface area contributed by atoms with E-state index in [1.165, 1.54) is 7.11 Å². The molecule has 0 saturated heterocycles. The molecule has 0 aliphatic rings. The van der Waals surface area contributed by atoms with Gasteiger partial charge in [0.15, 0.2) is 0 Å². The Kier molecular flexibility index (Phi) is 7.60. The molecule has 0 fully saturated rings. The Labute approximate surface area is 94.4 Å². The topological polar surface area (TPSA) is 46.6 Å². The van der Waals surface area contributed by atoms with E-state index in [0.717, 1.165) is 13.0 Å². The summed E-state index contributed by atoms with van der Waals surface area (Å²) in [6.45, 7) is 2.67. The third-order valence-corrected chi connectivity index (χ3v) is 3.63. The summed E-state index contributed by atoms with van der Waals surface area (Å²) in [4.78, 5) is 13.1. The summed E-state index contributed by atoms with van der Waals surface area (Å²) in [6.07, 6.45) is 0.896. The molecule has 2 unspecified atom stereocenters. The van der Waals surface area contributed by atoms with Crippen molar-refractivity contribution in [1.29, 1.82) is 0 Å². The molecular formula is C10H21NO3S. The predicted octanol–water partition coefficient (Wildman–Crippen LogP) is 0.496. The molecule has 4 nitrogen and oxygen atoms in total. The Balaban J connectivity index is 3.69. The van der Waals surface area contributed by atoms with Gasteiger partial charge in [0.05, 0.1) is 13.0 Å². The smallest absolute Gasteiger partial charge is 0.309 e. The van der Waals surface area contributed by atoms with Gasteiger partial charge in [0.1, 0.15) is 0 Å². The van der Waals surface area contributed by atoms with Crippen LogP contribution in [0.25, 0.3) is 0 Å². The quantitative estimate of drug-likeness (QED) is 0.603. The van der Waals surface area contributed by atoms with E-state index in [4.69, 9.17) is 0 Å². The average molecular weight is 235 g/mol. The third-order valence-electron chi connectivity index (χ3n) is 2.02. The minimum Gasteiger partial charge on any atom is -0.469 e. The monoisotopic (exact) mass is 235 g/mol. The zero-order chi connectivity index (χ0) is 11.8. The van der Waals surface area contributed by atoms with Crippen LogP contribution in [-0.4, -0.2) is 54.3 Å². The second kappa shape index (κ2) is 7.82. The summed E-state index contributed by atoms with van der Waals surface area (Å²) in [5.74, 6) is 0.505. The van der Waals surface area contributed by atoms with Crippen molar-refractivity contribution < 1.29 is 13.7 Å². The highest BCUT2D eigenvalue weighted by Gasteiger charge is 2.16. The first kappa shape index (κ1) is 14.6. The van der Waals surface area contributed by atoms with Crippen LogP contribution in [0.2, 0.25) is 0 Å². The van der Waals surface area contributed by atoms with Crippen molar-refractivity contribution in [2.45, 2.75) is 13.3 Å². The van der Waals surface area contributed by atoms with Gasteiger partial charge in [-0.15, -0.1) is 0 Å². The summed E-state index contributed by atoms with van der Waals surface area (Å²) >= 11 is 0. The van der Waals surface area contributed by atoms with Crippen LogP contribution in [0.4, 0.5) is 0 Å². The van der Waals surface area contributed by atoms with Crippen LogP contribution < -0.4 is 0 Å². The highest BCUT2D eigenvalue weighted by Crippen LogP contribution is 2.02. The number of carbonyl (C=O) groups is 1. The van der Waals surface area contributed by atoms with Crippen molar-refractivity contribution in [1.82, 2.24) is 4.90 Å². The van der Waals surface area contributed by atoms with Crippen LogP contribution in [-0.2, 0) is 20.3 Å². The maximum Gasteiger partial charge on any atom is 0.309 e. The van der Waals surface area contributed by atoms with Gasteiger partial charge in [-0.1, -0.05) is 6.92 Å². The molecule has 0 radical (unpaired) electrons. The third kappa shape index (κ3) is 7.50. The van der Waals surface area contributed by atoms with E-state index in [9.17, 15) is 9.00 Å². The number of ether oxygens (including phenoxy) is 1. The molecule has 0 spiro atoms. The van der Waals surface area contributed by atoms with Crippen molar-refractivity contribution in [3.05, 3.63) is 0 Å². The first-order chi connectivity index (χ1) is 6.97. The molecule has 15 heavy (non-hydrogen) atoms. The highest BCUT2D eigenvalue weighted by atomic mass is 32.2. The van der Waals surface area contributed by atoms with E-state index >= 15 is 0 Å². The van der Waals surface area contributed by atoms with Gasteiger partial charge >= 0.3 is 5.97 Å². The Morgan fingerprint density at radius 2 is 2.07 bits per heavy atom. The summed E-state index contributed by atoms with van der Waals surface area (Å²) in [5.41, 5.74) is 0. The van der Waals surface area contributed by atoms with Gasteiger partial charge in [-0.3, -0.25) is 9.00 Å². The van der Waals surface area contributed by atoms with E-state index in [1.807, 2.05) is 14.1 Å². The SMILES string of the molecule is COC(=O)C(C)CS(=O)CCCN(C)C. The fourth-order valence-electron chi connectivity index (χ4n) is 1.17. The summed E-state index contributed by atoms with van der Waals surface area (Å²) in [7, 11) is 4.41. The molecule has 0 heterocycles. The first-order valence-corrected chi connectivity index (χ1v) is 6.53.